The maximum atomic E-state index is 13.0. The Labute approximate surface area is 167 Å². The van der Waals surface area contributed by atoms with E-state index in [1.807, 2.05) is 7.05 Å². The highest BCUT2D eigenvalue weighted by atomic mass is 16.2. The third kappa shape index (κ3) is 3.75. The first kappa shape index (κ1) is 19.2. The van der Waals surface area contributed by atoms with E-state index in [-0.39, 0.29) is 11.9 Å². The summed E-state index contributed by atoms with van der Waals surface area (Å²) in [4.78, 5) is 31.5. The number of amides is 3. The zero-order chi connectivity index (χ0) is 19.6. The van der Waals surface area contributed by atoms with E-state index < -0.39 is 5.54 Å². The van der Waals surface area contributed by atoms with Crippen LogP contribution in [-0.4, -0.2) is 54.1 Å². The summed E-state index contributed by atoms with van der Waals surface area (Å²) in [7, 11) is 1.99. The smallest absolute Gasteiger partial charge is 0.326 e. The van der Waals surface area contributed by atoms with Crippen LogP contribution in [0.2, 0.25) is 0 Å². The van der Waals surface area contributed by atoms with Gasteiger partial charge in [0.05, 0.1) is 6.67 Å². The molecule has 0 bridgehead atoms. The SMILES string of the molecule is CN(Cc1ccccc1N1CCCCC1)CN1C(=O)NC2(CCCCC2)C1=O. The van der Waals surface area contributed by atoms with Crippen molar-refractivity contribution in [3.05, 3.63) is 29.8 Å². The van der Waals surface area contributed by atoms with Crippen LogP contribution in [0, 0.1) is 0 Å². The van der Waals surface area contributed by atoms with Crippen molar-refractivity contribution in [1.29, 1.82) is 0 Å². The van der Waals surface area contributed by atoms with E-state index >= 15 is 0 Å². The van der Waals surface area contributed by atoms with Crippen LogP contribution in [-0.2, 0) is 11.3 Å². The van der Waals surface area contributed by atoms with Crippen LogP contribution in [0.15, 0.2) is 24.3 Å². The molecule has 1 N–H and O–H groups in total. The predicted octanol–water partition coefficient (Wildman–Crippen LogP) is 3.32. The van der Waals surface area contributed by atoms with E-state index in [0.717, 1.165) is 51.7 Å². The lowest BCUT2D eigenvalue weighted by molar-refractivity contribution is -0.133. The Morgan fingerprint density at radius 3 is 2.43 bits per heavy atom. The van der Waals surface area contributed by atoms with Gasteiger partial charge in [-0.2, -0.15) is 0 Å². The molecule has 3 fully saturated rings. The van der Waals surface area contributed by atoms with Crippen LogP contribution < -0.4 is 10.2 Å². The van der Waals surface area contributed by atoms with Gasteiger partial charge in [-0.05, 0) is 50.8 Å². The van der Waals surface area contributed by atoms with Crippen molar-refractivity contribution in [3.63, 3.8) is 0 Å². The fraction of sp³-hybridized carbons (Fsp3) is 0.636. The maximum absolute atomic E-state index is 13.0. The highest BCUT2D eigenvalue weighted by molar-refractivity contribution is 6.07. The molecule has 152 valence electrons. The van der Waals surface area contributed by atoms with Crippen LogP contribution in [0.5, 0.6) is 0 Å². The summed E-state index contributed by atoms with van der Waals surface area (Å²) in [5.41, 5.74) is 1.91. The van der Waals surface area contributed by atoms with Gasteiger partial charge in [-0.1, -0.05) is 37.5 Å². The van der Waals surface area contributed by atoms with Crippen molar-refractivity contribution >= 4 is 17.6 Å². The molecule has 0 radical (unpaired) electrons. The summed E-state index contributed by atoms with van der Waals surface area (Å²) in [6.45, 7) is 3.27. The Kier molecular flexibility index (Phi) is 5.58. The van der Waals surface area contributed by atoms with E-state index in [0.29, 0.717) is 6.67 Å². The number of hydrogen-bond donors (Lipinski definition) is 1. The largest absolute Gasteiger partial charge is 0.371 e. The first-order valence-electron chi connectivity index (χ1n) is 10.7. The molecule has 3 aliphatic rings. The molecule has 1 aromatic rings. The number of carbonyl (C=O) groups is 2. The summed E-state index contributed by atoms with van der Waals surface area (Å²) in [6.07, 6.45) is 8.52. The molecule has 4 rings (SSSR count). The third-order valence-corrected chi connectivity index (χ3v) is 6.46. The molecule has 1 spiro atoms. The molecule has 2 heterocycles. The second-order valence-corrected chi connectivity index (χ2v) is 8.64. The van der Waals surface area contributed by atoms with Gasteiger partial charge in [-0.3, -0.25) is 9.69 Å². The Morgan fingerprint density at radius 1 is 1.00 bits per heavy atom. The maximum Gasteiger partial charge on any atom is 0.326 e. The van der Waals surface area contributed by atoms with Gasteiger partial charge in [0.1, 0.15) is 5.54 Å². The second kappa shape index (κ2) is 8.11. The van der Waals surface area contributed by atoms with Crippen molar-refractivity contribution in [2.24, 2.45) is 0 Å². The summed E-state index contributed by atoms with van der Waals surface area (Å²) >= 11 is 0. The van der Waals surface area contributed by atoms with Crippen molar-refractivity contribution in [3.8, 4) is 0 Å². The number of piperidine rings is 1. The van der Waals surface area contributed by atoms with Gasteiger partial charge in [0.2, 0.25) is 0 Å². The summed E-state index contributed by atoms with van der Waals surface area (Å²) < 4.78 is 0. The molecular formula is C22H32N4O2. The number of hydrogen-bond acceptors (Lipinski definition) is 4. The monoisotopic (exact) mass is 384 g/mol. The number of carbonyl (C=O) groups excluding carboxylic acids is 2. The van der Waals surface area contributed by atoms with Crippen molar-refractivity contribution < 1.29 is 9.59 Å². The highest BCUT2D eigenvalue weighted by Crippen LogP contribution is 2.34. The Morgan fingerprint density at radius 2 is 1.68 bits per heavy atom. The number of para-hydroxylation sites is 1. The van der Waals surface area contributed by atoms with E-state index in [4.69, 9.17) is 0 Å². The molecule has 2 aliphatic heterocycles. The number of rotatable bonds is 5. The fourth-order valence-corrected chi connectivity index (χ4v) is 4.97. The number of imide groups is 1. The Balaban J connectivity index is 1.43. The van der Waals surface area contributed by atoms with E-state index in [2.05, 4.69) is 39.4 Å². The standard InChI is InChI=1S/C22H32N4O2/c1-24(16-18-10-4-5-11-19(18)25-14-8-3-9-15-25)17-26-20(27)22(23-21(26)28)12-6-2-7-13-22/h4-5,10-11H,2-3,6-9,12-17H2,1H3,(H,23,28). The van der Waals surface area contributed by atoms with Crippen LogP contribution in [0.4, 0.5) is 10.5 Å². The quantitative estimate of drug-likeness (QED) is 0.792. The molecule has 0 atom stereocenters. The summed E-state index contributed by atoms with van der Waals surface area (Å²) in [6, 6.07) is 8.29. The highest BCUT2D eigenvalue weighted by Gasteiger charge is 2.51. The zero-order valence-electron chi connectivity index (χ0n) is 17.0. The third-order valence-electron chi connectivity index (χ3n) is 6.46. The lowest BCUT2D eigenvalue weighted by Gasteiger charge is -2.32. The van der Waals surface area contributed by atoms with Crippen LogP contribution in [0.3, 0.4) is 0 Å². The van der Waals surface area contributed by atoms with E-state index in [9.17, 15) is 9.59 Å². The molecule has 1 aliphatic carbocycles. The van der Waals surface area contributed by atoms with Gasteiger partial charge in [0.15, 0.2) is 0 Å². The number of anilines is 1. The topological polar surface area (TPSA) is 55.9 Å². The number of nitrogens with zero attached hydrogens (tertiary/aromatic N) is 3. The number of urea groups is 1. The van der Waals surface area contributed by atoms with E-state index in [1.54, 1.807) is 0 Å². The lowest BCUT2D eigenvalue weighted by Crippen LogP contribution is -2.49. The Hall–Kier alpha value is -2.08. The van der Waals surface area contributed by atoms with E-state index in [1.165, 1.54) is 35.4 Å². The second-order valence-electron chi connectivity index (χ2n) is 8.64. The molecular weight excluding hydrogens is 352 g/mol. The molecule has 0 aromatic heterocycles. The fourth-order valence-electron chi connectivity index (χ4n) is 4.97. The molecule has 2 saturated heterocycles. The average molecular weight is 385 g/mol. The van der Waals surface area contributed by atoms with Gasteiger partial charge >= 0.3 is 6.03 Å². The Bertz CT molecular complexity index is 723. The van der Waals surface area contributed by atoms with Crippen LogP contribution >= 0.6 is 0 Å². The molecule has 28 heavy (non-hydrogen) atoms. The molecule has 1 aromatic carbocycles. The molecule has 6 nitrogen and oxygen atoms in total. The average Bonchev–Trinajstić information content (AvgIpc) is 2.93. The molecule has 3 amide bonds. The minimum atomic E-state index is -0.637. The minimum absolute atomic E-state index is 0.0339. The van der Waals surface area contributed by atoms with Crippen molar-refractivity contribution in [2.75, 3.05) is 31.7 Å². The number of benzene rings is 1. The predicted molar refractivity (Wildman–Crippen MR) is 110 cm³/mol. The van der Waals surface area contributed by atoms with Crippen molar-refractivity contribution in [2.45, 2.75) is 63.5 Å². The molecule has 6 heteroatoms. The summed E-state index contributed by atoms with van der Waals surface area (Å²) in [5, 5.41) is 3.00. The van der Waals surface area contributed by atoms with Crippen molar-refractivity contribution in [1.82, 2.24) is 15.1 Å². The zero-order valence-corrected chi connectivity index (χ0v) is 17.0. The minimum Gasteiger partial charge on any atom is -0.371 e. The van der Waals surface area contributed by atoms with Gasteiger partial charge in [-0.25, -0.2) is 9.69 Å². The van der Waals surface area contributed by atoms with Gasteiger partial charge in [-0.15, -0.1) is 0 Å². The number of nitrogens with one attached hydrogen (secondary N) is 1. The lowest BCUT2D eigenvalue weighted by atomic mass is 9.82. The summed E-state index contributed by atoms with van der Waals surface area (Å²) in [5.74, 6) is -0.0339. The van der Waals surface area contributed by atoms with Gasteiger partial charge in [0, 0.05) is 25.3 Å². The molecule has 0 unspecified atom stereocenters. The van der Waals surface area contributed by atoms with Crippen LogP contribution in [0.1, 0.15) is 56.9 Å². The van der Waals surface area contributed by atoms with Gasteiger partial charge in [0.25, 0.3) is 5.91 Å². The molecule has 1 saturated carbocycles. The normalized spacial score (nSPS) is 22.2. The van der Waals surface area contributed by atoms with Gasteiger partial charge < -0.3 is 10.2 Å². The first-order valence-corrected chi connectivity index (χ1v) is 10.7. The van der Waals surface area contributed by atoms with Crippen LogP contribution in [0.25, 0.3) is 0 Å². The first-order chi connectivity index (χ1) is 13.6.